The quantitative estimate of drug-likeness (QED) is 0.733. The second-order valence-electron chi connectivity index (χ2n) is 5.34. The summed E-state index contributed by atoms with van der Waals surface area (Å²) in [6.07, 6.45) is 2.29. The van der Waals surface area contributed by atoms with E-state index in [0.717, 1.165) is 5.76 Å². The molecule has 134 valence electrons. The van der Waals surface area contributed by atoms with Crippen molar-refractivity contribution in [1.82, 2.24) is 5.32 Å². The first kappa shape index (κ1) is 17.4. The second kappa shape index (κ2) is 8.64. The molecule has 0 bridgehead atoms. The summed E-state index contributed by atoms with van der Waals surface area (Å²) in [6.45, 7) is 2.38. The topological polar surface area (TPSA) is 82.0 Å². The fourth-order valence-corrected chi connectivity index (χ4v) is 2.47. The first-order valence-corrected chi connectivity index (χ1v) is 8.34. The lowest BCUT2D eigenvalue weighted by molar-refractivity contribution is 0.104. The lowest BCUT2D eigenvalue weighted by Crippen LogP contribution is -2.30. The molecule has 2 amide bonds. The van der Waals surface area contributed by atoms with Crippen molar-refractivity contribution in [3.8, 4) is 11.5 Å². The van der Waals surface area contributed by atoms with Gasteiger partial charge in [0.05, 0.1) is 17.0 Å². The van der Waals surface area contributed by atoms with Crippen LogP contribution in [0.25, 0.3) is 0 Å². The van der Waals surface area contributed by atoms with E-state index in [2.05, 4.69) is 10.6 Å². The lowest BCUT2D eigenvalue weighted by atomic mass is 10.2. The number of nitrogens with one attached hydrogen (secondary N) is 2. The molecular formula is C17H19ClN2O5. The predicted octanol–water partition coefficient (Wildman–Crippen LogP) is 3.43. The van der Waals surface area contributed by atoms with Crippen LogP contribution >= 0.6 is 11.6 Å². The third kappa shape index (κ3) is 5.04. The van der Waals surface area contributed by atoms with Gasteiger partial charge in [-0.2, -0.15) is 0 Å². The Labute approximate surface area is 150 Å². The molecule has 25 heavy (non-hydrogen) atoms. The summed E-state index contributed by atoms with van der Waals surface area (Å²) in [4.78, 5) is 11.9. The van der Waals surface area contributed by atoms with E-state index in [-0.39, 0.29) is 6.03 Å². The maximum absolute atomic E-state index is 11.9. The van der Waals surface area contributed by atoms with Crippen molar-refractivity contribution in [3.05, 3.63) is 41.3 Å². The highest BCUT2D eigenvalue weighted by Crippen LogP contribution is 2.37. The Bertz CT molecular complexity index is 705. The molecule has 0 saturated heterocycles. The van der Waals surface area contributed by atoms with Crippen LogP contribution in [0.15, 0.2) is 34.9 Å². The molecule has 0 atom stereocenters. The van der Waals surface area contributed by atoms with Gasteiger partial charge in [0, 0.05) is 25.3 Å². The van der Waals surface area contributed by atoms with Crippen LogP contribution in [0.2, 0.25) is 5.02 Å². The van der Waals surface area contributed by atoms with Gasteiger partial charge < -0.3 is 29.3 Å². The predicted molar refractivity (Wildman–Crippen MR) is 92.4 cm³/mol. The van der Waals surface area contributed by atoms with Gasteiger partial charge in [-0.05, 0) is 18.6 Å². The van der Waals surface area contributed by atoms with Crippen molar-refractivity contribution in [2.75, 3.05) is 31.7 Å². The Balaban J connectivity index is 1.37. The maximum Gasteiger partial charge on any atom is 0.319 e. The van der Waals surface area contributed by atoms with E-state index in [9.17, 15) is 4.79 Å². The Morgan fingerprint density at radius 2 is 2.04 bits per heavy atom. The fourth-order valence-electron chi connectivity index (χ4n) is 2.27. The van der Waals surface area contributed by atoms with Gasteiger partial charge in [-0.25, -0.2) is 4.79 Å². The van der Waals surface area contributed by atoms with Crippen LogP contribution in [0, 0.1) is 0 Å². The second-order valence-corrected chi connectivity index (χ2v) is 5.75. The number of fused-ring (bicyclic) bond motifs is 1. The molecular weight excluding hydrogens is 348 g/mol. The minimum atomic E-state index is -0.343. The highest BCUT2D eigenvalue weighted by Gasteiger charge is 2.16. The van der Waals surface area contributed by atoms with Crippen molar-refractivity contribution in [2.24, 2.45) is 0 Å². The normalized spacial score (nSPS) is 12.7. The van der Waals surface area contributed by atoms with Crippen LogP contribution in [0.3, 0.4) is 0 Å². The molecule has 7 nitrogen and oxygen atoms in total. The number of anilines is 1. The van der Waals surface area contributed by atoms with Crippen molar-refractivity contribution in [1.29, 1.82) is 0 Å². The summed E-state index contributed by atoms with van der Waals surface area (Å²) in [5.74, 6) is 1.92. The smallest absolute Gasteiger partial charge is 0.319 e. The molecule has 0 saturated carbocycles. The molecule has 8 heteroatoms. The van der Waals surface area contributed by atoms with Crippen molar-refractivity contribution in [3.63, 3.8) is 0 Å². The number of urea groups is 1. The SMILES string of the molecule is O=C(NCCCOCc1ccco1)Nc1cc2c(cc1Cl)OCCO2. The number of benzene rings is 1. The molecule has 0 aliphatic carbocycles. The molecule has 1 aromatic carbocycles. The van der Waals surface area contributed by atoms with Gasteiger partial charge in [0.15, 0.2) is 11.5 Å². The maximum atomic E-state index is 11.9. The number of hydrogen-bond acceptors (Lipinski definition) is 5. The van der Waals surface area contributed by atoms with Gasteiger partial charge in [0.1, 0.15) is 25.6 Å². The highest BCUT2D eigenvalue weighted by molar-refractivity contribution is 6.34. The zero-order chi connectivity index (χ0) is 17.5. The summed E-state index contributed by atoms with van der Waals surface area (Å²) >= 11 is 6.15. The molecule has 0 fully saturated rings. The van der Waals surface area contributed by atoms with Crippen LogP contribution in [0.1, 0.15) is 12.2 Å². The third-order valence-electron chi connectivity index (χ3n) is 3.46. The van der Waals surface area contributed by atoms with E-state index >= 15 is 0 Å². The number of carbonyl (C=O) groups is 1. The van der Waals surface area contributed by atoms with Crippen LogP contribution in [-0.2, 0) is 11.3 Å². The Kier molecular flexibility index (Phi) is 6.03. The monoisotopic (exact) mass is 366 g/mol. The summed E-state index contributed by atoms with van der Waals surface area (Å²) in [5, 5.41) is 5.84. The summed E-state index contributed by atoms with van der Waals surface area (Å²) in [7, 11) is 0. The van der Waals surface area contributed by atoms with Gasteiger partial charge in [-0.1, -0.05) is 11.6 Å². The van der Waals surface area contributed by atoms with Crippen LogP contribution in [0.4, 0.5) is 10.5 Å². The van der Waals surface area contributed by atoms with Crippen molar-refractivity contribution < 1.29 is 23.4 Å². The van der Waals surface area contributed by atoms with E-state index < -0.39 is 0 Å². The minimum Gasteiger partial charge on any atom is -0.486 e. The number of rotatable bonds is 7. The molecule has 1 aliphatic rings. The van der Waals surface area contributed by atoms with Crippen molar-refractivity contribution >= 4 is 23.3 Å². The summed E-state index contributed by atoms with van der Waals surface area (Å²) < 4.78 is 21.5. The number of ether oxygens (including phenoxy) is 3. The first-order chi connectivity index (χ1) is 12.2. The molecule has 0 unspecified atom stereocenters. The van der Waals surface area contributed by atoms with Crippen LogP contribution in [-0.4, -0.2) is 32.4 Å². The molecule has 0 spiro atoms. The van der Waals surface area contributed by atoms with Gasteiger partial charge in [-0.15, -0.1) is 0 Å². The minimum absolute atomic E-state index is 0.343. The largest absolute Gasteiger partial charge is 0.486 e. The van der Waals surface area contributed by atoms with E-state index in [1.54, 1.807) is 18.4 Å². The van der Waals surface area contributed by atoms with E-state index in [4.69, 9.17) is 30.2 Å². The number of furan rings is 1. The third-order valence-corrected chi connectivity index (χ3v) is 3.77. The molecule has 1 aromatic heterocycles. The summed E-state index contributed by atoms with van der Waals surface area (Å²) in [5.41, 5.74) is 0.470. The fraction of sp³-hybridized carbons (Fsp3) is 0.353. The van der Waals surface area contributed by atoms with Gasteiger partial charge in [-0.3, -0.25) is 0 Å². The zero-order valence-corrected chi connectivity index (χ0v) is 14.3. The highest BCUT2D eigenvalue weighted by atomic mass is 35.5. The average molecular weight is 367 g/mol. The Morgan fingerprint density at radius 3 is 2.80 bits per heavy atom. The number of hydrogen-bond donors (Lipinski definition) is 2. The van der Waals surface area contributed by atoms with Gasteiger partial charge >= 0.3 is 6.03 Å². The standard InChI is InChI=1S/C17H19ClN2O5/c18-13-9-15-16(25-8-7-24-15)10-14(13)20-17(21)19-4-2-5-22-11-12-3-1-6-23-12/h1,3,6,9-10H,2,4-5,7-8,11H2,(H2,19,20,21). The van der Waals surface area contributed by atoms with Gasteiger partial charge in [0.25, 0.3) is 0 Å². The zero-order valence-electron chi connectivity index (χ0n) is 13.5. The molecule has 0 radical (unpaired) electrons. The van der Waals surface area contributed by atoms with E-state index in [1.165, 1.54) is 0 Å². The van der Waals surface area contributed by atoms with Gasteiger partial charge in [0.2, 0.25) is 0 Å². The van der Waals surface area contributed by atoms with Crippen molar-refractivity contribution in [2.45, 2.75) is 13.0 Å². The molecule has 2 N–H and O–H groups in total. The number of amides is 2. The summed E-state index contributed by atoms with van der Waals surface area (Å²) in [6, 6.07) is 6.61. The first-order valence-electron chi connectivity index (χ1n) is 7.96. The van der Waals surface area contributed by atoms with E-state index in [1.807, 2.05) is 12.1 Å². The molecule has 3 rings (SSSR count). The average Bonchev–Trinajstić information content (AvgIpc) is 3.12. The molecule has 2 heterocycles. The molecule has 1 aliphatic heterocycles. The van der Waals surface area contributed by atoms with Crippen LogP contribution in [0.5, 0.6) is 11.5 Å². The van der Waals surface area contributed by atoms with E-state index in [0.29, 0.717) is 61.6 Å². The Morgan fingerprint density at radius 1 is 1.24 bits per heavy atom. The number of carbonyl (C=O) groups excluding carboxylic acids is 1. The number of halogens is 1. The Hall–Kier alpha value is -2.38. The lowest BCUT2D eigenvalue weighted by Gasteiger charge is -2.20. The van der Waals surface area contributed by atoms with Crippen LogP contribution < -0.4 is 20.1 Å². The molecule has 2 aromatic rings.